The maximum Gasteiger partial charge on any atom is 0.138 e. The molecule has 0 unspecified atom stereocenters. The number of fused-ring (bicyclic) bond motifs is 4. The molecule has 0 amide bonds. The molecule has 1 fully saturated rings. The number of nitrogens with zero attached hydrogens (tertiary/aromatic N) is 6. The molecule has 10 heteroatoms. The fourth-order valence-electron chi connectivity index (χ4n) is 5.43. The van der Waals surface area contributed by atoms with E-state index in [1.807, 2.05) is 54.6 Å². The largest absolute Gasteiger partial charge is 0.353 e. The van der Waals surface area contributed by atoms with Gasteiger partial charge < -0.3 is 15.1 Å². The van der Waals surface area contributed by atoms with Gasteiger partial charge in [0, 0.05) is 53.0 Å². The highest BCUT2D eigenvalue weighted by Gasteiger charge is 2.30. The van der Waals surface area contributed by atoms with E-state index in [0.717, 1.165) is 52.9 Å². The molecular weight excluding hydrogens is 545 g/mol. The van der Waals surface area contributed by atoms with Crippen molar-refractivity contribution in [2.75, 3.05) is 36.5 Å². The number of amidine groups is 2. The Morgan fingerprint density at radius 1 is 0.650 bits per heavy atom. The molecule has 0 bridgehead atoms. The molecule has 4 aromatic carbocycles. The molecule has 3 heterocycles. The summed E-state index contributed by atoms with van der Waals surface area (Å²) in [5, 5.41) is 9.43. The first-order chi connectivity index (χ1) is 19.6. The number of rotatable bonds is 1. The first kappa shape index (κ1) is 24.6. The van der Waals surface area contributed by atoms with Crippen LogP contribution in [-0.2, 0) is 0 Å². The van der Waals surface area contributed by atoms with Crippen LogP contribution in [0, 0.1) is 4.91 Å². The molecule has 1 N–H and O–H groups in total. The smallest absolute Gasteiger partial charge is 0.138 e. The predicted octanol–water partition coefficient (Wildman–Crippen LogP) is 7.66. The number of piperazine rings is 1. The van der Waals surface area contributed by atoms with Crippen LogP contribution in [-0.4, -0.2) is 47.7 Å². The number of para-hydroxylation sites is 2. The number of anilines is 4. The highest BCUT2D eigenvalue weighted by molar-refractivity contribution is 6.31. The molecule has 3 aliphatic rings. The summed E-state index contributed by atoms with van der Waals surface area (Å²) in [6, 6.07) is 26.9. The monoisotopic (exact) mass is 567 g/mol. The topological polar surface area (TPSA) is 75.9 Å². The molecule has 198 valence electrons. The van der Waals surface area contributed by atoms with Crippen molar-refractivity contribution in [2.45, 2.75) is 0 Å². The predicted molar refractivity (Wildman–Crippen MR) is 163 cm³/mol. The molecule has 0 aromatic heterocycles. The number of aliphatic imine (C=N–C) groups is 2. The van der Waals surface area contributed by atoms with Crippen LogP contribution in [0.3, 0.4) is 0 Å². The second-order valence-corrected chi connectivity index (χ2v) is 10.6. The lowest BCUT2D eigenvalue weighted by atomic mass is 10.1. The van der Waals surface area contributed by atoms with Crippen molar-refractivity contribution >= 4 is 69.0 Å². The summed E-state index contributed by atoms with van der Waals surface area (Å²) in [5.74, 6) is 1.69. The summed E-state index contributed by atoms with van der Waals surface area (Å²) in [4.78, 5) is 26.7. The highest BCUT2D eigenvalue weighted by atomic mass is 35.5. The Hall–Kier alpha value is -4.40. The molecule has 7 rings (SSSR count). The zero-order chi connectivity index (χ0) is 27.2. The van der Waals surface area contributed by atoms with E-state index in [-0.39, 0.29) is 0 Å². The summed E-state index contributed by atoms with van der Waals surface area (Å²) in [7, 11) is 0. The van der Waals surface area contributed by atoms with Crippen LogP contribution in [0.5, 0.6) is 0 Å². The Balaban J connectivity index is 1.24. The van der Waals surface area contributed by atoms with E-state index in [2.05, 4.69) is 32.5 Å². The van der Waals surface area contributed by atoms with Crippen LogP contribution in [0.1, 0.15) is 11.1 Å². The quantitative estimate of drug-likeness (QED) is 0.239. The van der Waals surface area contributed by atoms with Crippen molar-refractivity contribution in [2.24, 2.45) is 15.3 Å². The van der Waals surface area contributed by atoms with Gasteiger partial charge in [0.1, 0.15) is 11.7 Å². The molecule has 40 heavy (non-hydrogen) atoms. The Kier molecular flexibility index (Phi) is 6.14. The van der Waals surface area contributed by atoms with E-state index >= 15 is 0 Å². The van der Waals surface area contributed by atoms with Crippen LogP contribution in [0.2, 0.25) is 10.0 Å². The molecule has 0 atom stereocenters. The molecular formula is C30H23Cl2N7O. The van der Waals surface area contributed by atoms with Gasteiger partial charge in [0.2, 0.25) is 0 Å². The van der Waals surface area contributed by atoms with Crippen LogP contribution in [0.4, 0.5) is 34.1 Å². The zero-order valence-corrected chi connectivity index (χ0v) is 22.8. The van der Waals surface area contributed by atoms with Gasteiger partial charge in [-0.1, -0.05) is 47.5 Å². The van der Waals surface area contributed by atoms with E-state index < -0.39 is 0 Å². The number of nitrogens with one attached hydrogen (secondary N) is 1. The Morgan fingerprint density at radius 2 is 1.25 bits per heavy atom. The third-order valence-electron chi connectivity index (χ3n) is 7.35. The molecule has 1 saturated heterocycles. The average molecular weight is 568 g/mol. The van der Waals surface area contributed by atoms with Crippen molar-refractivity contribution < 1.29 is 0 Å². The molecule has 0 aliphatic carbocycles. The molecule has 0 radical (unpaired) electrons. The van der Waals surface area contributed by atoms with Gasteiger partial charge >= 0.3 is 0 Å². The van der Waals surface area contributed by atoms with Crippen LogP contribution in [0.25, 0.3) is 0 Å². The normalized spacial score (nSPS) is 15.8. The van der Waals surface area contributed by atoms with Crippen molar-refractivity contribution in [3.8, 4) is 0 Å². The van der Waals surface area contributed by atoms with Crippen molar-refractivity contribution in [3.05, 3.63) is 111 Å². The van der Waals surface area contributed by atoms with Crippen molar-refractivity contribution in [3.63, 3.8) is 0 Å². The second-order valence-electron chi connectivity index (χ2n) is 9.72. The lowest BCUT2D eigenvalue weighted by Gasteiger charge is -2.38. The number of hydrogen-bond donors (Lipinski definition) is 1. The van der Waals surface area contributed by atoms with E-state index in [1.54, 1.807) is 18.2 Å². The van der Waals surface area contributed by atoms with Crippen LogP contribution < -0.4 is 10.3 Å². The van der Waals surface area contributed by atoms with Crippen LogP contribution >= 0.6 is 23.2 Å². The summed E-state index contributed by atoms with van der Waals surface area (Å²) in [5.41, 5.74) is 6.48. The minimum atomic E-state index is 0.544. The highest BCUT2D eigenvalue weighted by Crippen LogP contribution is 2.42. The second kappa shape index (κ2) is 9.97. The van der Waals surface area contributed by atoms with E-state index in [1.165, 1.54) is 5.01 Å². The maximum absolute atomic E-state index is 12.0. The van der Waals surface area contributed by atoms with Gasteiger partial charge in [-0.2, -0.15) is 5.01 Å². The van der Waals surface area contributed by atoms with Gasteiger partial charge in [-0.05, 0) is 60.7 Å². The standard InChI is InChI=1S/C30H23Cl2N7O/c31-19-9-11-24-25(17-19)34-29(21-5-1-3-7-23(21)33-24)37-13-15-38(16-14-37)30-22-6-2-4-8-27(22)39(36-40)28-12-10-20(32)18-26(28)35-30/h1-12,17-18,33H,13-16H2. The Bertz CT molecular complexity index is 1710. The average Bonchev–Trinajstić information content (AvgIpc) is 3.23. The molecule has 0 spiro atoms. The van der Waals surface area contributed by atoms with Crippen molar-refractivity contribution in [1.82, 2.24) is 9.80 Å². The van der Waals surface area contributed by atoms with Crippen LogP contribution in [0.15, 0.2) is 100 Å². The Labute approximate surface area is 241 Å². The van der Waals surface area contributed by atoms with Gasteiger partial charge in [0.05, 0.1) is 33.7 Å². The van der Waals surface area contributed by atoms with Gasteiger partial charge in [-0.25, -0.2) is 9.98 Å². The number of benzene rings is 4. The lowest BCUT2D eigenvalue weighted by Crippen LogP contribution is -2.51. The zero-order valence-electron chi connectivity index (χ0n) is 21.3. The number of halogens is 2. The molecule has 4 aromatic rings. The number of nitroso groups, excluding NO2 is 1. The fraction of sp³-hybridized carbons (Fsp3) is 0.133. The van der Waals surface area contributed by atoms with E-state index in [4.69, 9.17) is 33.2 Å². The summed E-state index contributed by atoms with van der Waals surface area (Å²) < 4.78 is 0. The van der Waals surface area contributed by atoms with Gasteiger partial charge in [0.25, 0.3) is 0 Å². The minimum absolute atomic E-state index is 0.544. The summed E-state index contributed by atoms with van der Waals surface area (Å²) >= 11 is 12.7. The maximum atomic E-state index is 12.0. The fourth-order valence-corrected chi connectivity index (χ4v) is 5.76. The first-order valence-electron chi connectivity index (χ1n) is 12.9. The summed E-state index contributed by atoms with van der Waals surface area (Å²) in [6.07, 6.45) is 0. The molecule has 8 nitrogen and oxygen atoms in total. The third-order valence-corrected chi connectivity index (χ3v) is 7.82. The minimum Gasteiger partial charge on any atom is -0.353 e. The lowest BCUT2D eigenvalue weighted by molar-refractivity contribution is 0.260. The van der Waals surface area contributed by atoms with E-state index in [0.29, 0.717) is 40.2 Å². The first-order valence-corrected chi connectivity index (χ1v) is 13.7. The number of hydrogen-bond acceptors (Lipinski definition) is 7. The van der Waals surface area contributed by atoms with E-state index in [9.17, 15) is 4.91 Å². The van der Waals surface area contributed by atoms with Gasteiger partial charge in [0.15, 0.2) is 0 Å². The SMILES string of the molecule is O=NN1c2ccc(Cl)cc2N=C(N2CCN(C3=Nc4cc(Cl)ccc4Nc4ccccc43)CC2)c2ccccc21. The third kappa shape index (κ3) is 4.26. The Morgan fingerprint density at radius 3 is 2.00 bits per heavy atom. The van der Waals surface area contributed by atoms with Gasteiger partial charge in [-0.3, -0.25) is 0 Å². The molecule has 3 aliphatic heterocycles. The molecule has 0 saturated carbocycles. The van der Waals surface area contributed by atoms with Gasteiger partial charge in [-0.15, -0.1) is 4.91 Å². The van der Waals surface area contributed by atoms with Crippen molar-refractivity contribution in [1.29, 1.82) is 0 Å². The summed E-state index contributed by atoms with van der Waals surface area (Å²) in [6.45, 7) is 2.85.